The van der Waals surface area contributed by atoms with E-state index in [4.69, 9.17) is 0 Å². The average molecular weight is 221 g/mol. The molecule has 16 heavy (non-hydrogen) atoms. The lowest BCUT2D eigenvalue weighted by atomic mass is 9.79. The number of carbonyl (C=O) groups is 1. The van der Waals surface area contributed by atoms with Crippen molar-refractivity contribution in [2.45, 2.75) is 19.3 Å². The van der Waals surface area contributed by atoms with Crippen LogP contribution in [-0.2, 0) is 4.79 Å². The predicted octanol–water partition coefficient (Wildman–Crippen LogP) is 2.11. The molecule has 0 amide bonds. The summed E-state index contributed by atoms with van der Waals surface area (Å²) in [6.45, 7) is 3.29. The lowest BCUT2D eigenvalue weighted by molar-refractivity contribution is -0.121. The molecular weight excluding hydrogens is 205 g/mol. The number of piperidine rings is 1. The van der Waals surface area contributed by atoms with Crippen molar-refractivity contribution in [3.63, 3.8) is 0 Å². The van der Waals surface area contributed by atoms with Crippen molar-refractivity contribution in [1.82, 2.24) is 5.32 Å². The summed E-state index contributed by atoms with van der Waals surface area (Å²) in [5, 5.41) is 3.23. The Morgan fingerprint density at radius 2 is 2.06 bits per heavy atom. The van der Waals surface area contributed by atoms with Crippen LogP contribution in [0.1, 0.15) is 24.8 Å². The highest BCUT2D eigenvalue weighted by atomic mass is 19.1. The quantitative estimate of drug-likeness (QED) is 0.828. The molecule has 1 heterocycles. The Morgan fingerprint density at radius 3 is 2.69 bits per heavy atom. The minimum atomic E-state index is -0.225. The van der Waals surface area contributed by atoms with Crippen LogP contribution in [-0.4, -0.2) is 18.9 Å². The minimum absolute atomic E-state index is 0.0270. The SMILES string of the molecule is CC(=O)[C@@H]1CNCC[C@H]1c1ccc(F)cc1. The van der Waals surface area contributed by atoms with E-state index >= 15 is 0 Å². The van der Waals surface area contributed by atoms with Crippen LogP contribution >= 0.6 is 0 Å². The Bertz CT molecular complexity index is 374. The van der Waals surface area contributed by atoms with Gasteiger partial charge in [0.05, 0.1) is 0 Å². The fourth-order valence-electron chi connectivity index (χ4n) is 2.39. The number of halogens is 1. The van der Waals surface area contributed by atoms with E-state index in [9.17, 15) is 9.18 Å². The molecule has 1 saturated heterocycles. The van der Waals surface area contributed by atoms with Crippen molar-refractivity contribution in [3.8, 4) is 0 Å². The summed E-state index contributed by atoms with van der Waals surface area (Å²) in [6, 6.07) is 6.52. The normalized spacial score (nSPS) is 25.4. The number of ketones is 1. The first kappa shape index (κ1) is 11.3. The van der Waals surface area contributed by atoms with Crippen LogP contribution in [0.4, 0.5) is 4.39 Å². The van der Waals surface area contributed by atoms with Gasteiger partial charge in [-0.15, -0.1) is 0 Å². The molecule has 1 aromatic rings. The van der Waals surface area contributed by atoms with Crippen LogP contribution in [0, 0.1) is 11.7 Å². The second-order valence-electron chi connectivity index (χ2n) is 4.37. The Balaban J connectivity index is 2.23. The topological polar surface area (TPSA) is 29.1 Å². The Kier molecular flexibility index (Phi) is 3.34. The molecule has 1 N–H and O–H groups in total. The lowest BCUT2D eigenvalue weighted by Gasteiger charge is -2.30. The minimum Gasteiger partial charge on any atom is -0.316 e. The number of nitrogens with one attached hydrogen (secondary N) is 1. The summed E-state index contributed by atoms with van der Waals surface area (Å²) in [4.78, 5) is 11.5. The summed E-state index contributed by atoms with van der Waals surface area (Å²) < 4.78 is 12.8. The summed E-state index contributed by atoms with van der Waals surface area (Å²) in [6.07, 6.45) is 0.940. The average Bonchev–Trinajstić information content (AvgIpc) is 2.30. The van der Waals surface area contributed by atoms with Gasteiger partial charge in [0.1, 0.15) is 11.6 Å². The van der Waals surface area contributed by atoms with Gasteiger partial charge in [0, 0.05) is 12.5 Å². The first-order valence-electron chi connectivity index (χ1n) is 5.65. The standard InChI is InChI=1S/C13H16FNO/c1-9(16)13-8-15-7-6-12(13)10-2-4-11(14)5-3-10/h2-5,12-13,15H,6-8H2,1H3/t12-,13-/m0/s1. The molecule has 2 atom stereocenters. The fraction of sp³-hybridized carbons (Fsp3) is 0.462. The largest absolute Gasteiger partial charge is 0.316 e. The van der Waals surface area contributed by atoms with Gasteiger partial charge in [0.25, 0.3) is 0 Å². The Morgan fingerprint density at radius 1 is 1.38 bits per heavy atom. The first-order valence-corrected chi connectivity index (χ1v) is 5.65. The van der Waals surface area contributed by atoms with Gasteiger partial charge in [-0.3, -0.25) is 4.79 Å². The molecular formula is C13H16FNO. The number of carbonyl (C=O) groups excluding carboxylic acids is 1. The maximum absolute atomic E-state index is 12.8. The van der Waals surface area contributed by atoms with E-state index in [1.165, 1.54) is 12.1 Å². The van der Waals surface area contributed by atoms with Gasteiger partial charge in [0.15, 0.2) is 0 Å². The summed E-state index contributed by atoms with van der Waals surface area (Å²) in [5.41, 5.74) is 1.07. The number of hydrogen-bond acceptors (Lipinski definition) is 2. The molecule has 2 nitrogen and oxygen atoms in total. The van der Waals surface area contributed by atoms with Crippen LogP contribution in [0.2, 0.25) is 0 Å². The predicted molar refractivity (Wildman–Crippen MR) is 60.8 cm³/mol. The zero-order chi connectivity index (χ0) is 11.5. The van der Waals surface area contributed by atoms with Gasteiger partial charge in [-0.2, -0.15) is 0 Å². The zero-order valence-corrected chi connectivity index (χ0v) is 9.37. The van der Waals surface area contributed by atoms with Crippen molar-refractivity contribution in [2.24, 2.45) is 5.92 Å². The molecule has 0 bridgehead atoms. The highest BCUT2D eigenvalue weighted by Gasteiger charge is 2.29. The van der Waals surface area contributed by atoms with Gasteiger partial charge in [-0.05, 0) is 43.5 Å². The second kappa shape index (κ2) is 4.74. The third kappa shape index (κ3) is 2.30. The van der Waals surface area contributed by atoms with Gasteiger partial charge < -0.3 is 5.32 Å². The maximum Gasteiger partial charge on any atom is 0.134 e. The Hall–Kier alpha value is -1.22. The fourth-order valence-corrected chi connectivity index (χ4v) is 2.39. The van der Waals surface area contributed by atoms with Gasteiger partial charge in [0.2, 0.25) is 0 Å². The summed E-state index contributed by atoms with van der Waals surface area (Å²) in [7, 11) is 0. The lowest BCUT2D eigenvalue weighted by Crippen LogP contribution is -2.38. The van der Waals surface area contributed by atoms with Crippen LogP contribution in [0.15, 0.2) is 24.3 Å². The van der Waals surface area contributed by atoms with Crippen LogP contribution in [0.3, 0.4) is 0 Å². The molecule has 0 unspecified atom stereocenters. The molecule has 0 radical (unpaired) electrons. The molecule has 0 spiro atoms. The molecule has 0 aliphatic carbocycles. The number of hydrogen-bond donors (Lipinski definition) is 1. The van der Waals surface area contributed by atoms with Gasteiger partial charge in [-0.1, -0.05) is 12.1 Å². The molecule has 1 aliphatic heterocycles. The molecule has 3 heteroatoms. The van der Waals surface area contributed by atoms with Crippen LogP contribution in [0.5, 0.6) is 0 Å². The molecule has 1 aromatic carbocycles. The molecule has 0 aromatic heterocycles. The highest BCUT2D eigenvalue weighted by molar-refractivity contribution is 5.79. The number of rotatable bonds is 2. The van der Waals surface area contributed by atoms with Gasteiger partial charge >= 0.3 is 0 Å². The summed E-state index contributed by atoms with van der Waals surface area (Å²) in [5.74, 6) is 0.247. The smallest absolute Gasteiger partial charge is 0.134 e. The maximum atomic E-state index is 12.8. The van der Waals surface area contributed by atoms with Gasteiger partial charge in [-0.25, -0.2) is 4.39 Å². The van der Waals surface area contributed by atoms with E-state index in [0.29, 0.717) is 0 Å². The third-order valence-corrected chi connectivity index (χ3v) is 3.30. The van der Waals surface area contributed by atoms with E-state index in [0.717, 1.165) is 25.1 Å². The third-order valence-electron chi connectivity index (χ3n) is 3.30. The van der Waals surface area contributed by atoms with Crippen molar-refractivity contribution in [1.29, 1.82) is 0 Å². The first-order chi connectivity index (χ1) is 7.68. The monoisotopic (exact) mass is 221 g/mol. The molecule has 2 rings (SSSR count). The van der Waals surface area contributed by atoms with Crippen molar-refractivity contribution in [2.75, 3.05) is 13.1 Å². The molecule has 0 saturated carbocycles. The highest BCUT2D eigenvalue weighted by Crippen LogP contribution is 2.30. The molecule has 1 fully saturated rings. The molecule has 86 valence electrons. The van der Waals surface area contributed by atoms with E-state index in [1.807, 2.05) is 0 Å². The van der Waals surface area contributed by atoms with Crippen molar-refractivity contribution < 1.29 is 9.18 Å². The van der Waals surface area contributed by atoms with E-state index in [2.05, 4.69) is 5.32 Å². The van der Waals surface area contributed by atoms with E-state index in [1.54, 1.807) is 19.1 Å². The number of benzene rings is 1. The Labute approximate surface area is 94.9 Å². The van der Waals surface area contributed by atoms with Crippen molar-refractivity contribution in [3.05, 3.63) is 35.6 Å². The van der Waals surface area contributed by atoms with Crippen LogP contribution in [0.25, 0.3) is 0 Å². The van der Waals surface area contributed by atoms with Crippen LogP contribution < -0.4 is 5.32 Å². The second-order valence-corrected chi connectivity index (χ2v) is 4.37. The van der Waals surface area contributed by atoms with Crippen molar-refractivity contribution >= 4 is 5.78 Å². The zero-order valence-electron chi connectivity index (χ0n) is 9.37. The van der Waals surface area contributed by atoms with E-state index < -0.39 is 0 Å². The van der Waals surface area contributed by atoms with E-state index in [-0.39, 0.29) is 23.4 Å². The molecule has 1 aliphatic rings. The summed E-state index contributed by atoms with van der Waals surface area (Å²) >= 11 is 0. The number of Topliss-reactive ketones (excluding diaryl/α,β-unsaturated/α-hetero) is 1.